The van der Waals surface area contributed by atoms with Crippen molar-refractivity contribution in [2.24, 2.45) is 0 Å². The Kier molecular flexibility index (Phi) is 4.17. The molecule has 1 amide bonds. The standard InChI is InChI=1S/C15H21N3O3/c1-2-20-12-8-15(21-9-12)5-3-7-18(10-15)14(19)13-4-6-16-11-17-13/h4,6,11-12H,2-3,5,7-10H2,1H3/t12-,15+/m1/s1. The molecular weight excluding hydrogens is 270 g/mol. The van der Waals surface area contributed by atoms with E-state index in [1.54, 1.807) is 12.3 Å². The highest BCUT2D eigenvalue weighted by atomic mass is 16.6. The van der Waals surface area contributed by atoms with Gasteiger partial charge in [0.1, 0.15) is 12.0 Å². The van der Waals surface area contributed by atoms with Crippen LogP contribution in [0.4, 0.5) is 0 Å². The van der Waals surface area contributed by atoms with E-state index >= 15 is 0 Å². The van der Waals surface area contributed by atoms with Gasteiger partial charge in [-0.25, -0.2) is 9.97 Å². The monoisotopic (exact) mass is 291 g/mol. The highest BCUT2D eigenvalue weighted by Gasteiger charge is 2.45. The van der Waals surface area contributed by atoms with E-state index in [1.165, 1.54) is 6.33 Å². The van der Waals surface area contributed by atoms with Gasteiger partial charge < -0.3 is 14.4 Å². The first-order chi connectivity index (χ1) is 10.2. The number of carbonyl (C=O) groups is 1. The Bertz CT molecular complexity index is 496. The van der Waals surface area contributed by atoms with Crippen molar-refractivity contribution in [1.82, 2.24) is 14.9 Å². The molecule has 2 aliphatic rings. The van der Waals surface area contributed by atoms with Gasteiger partial charge in [-0.1, -0.05) is 0 Å². The highest BCUT2D eigenvalue weighted by molar-refractivity contribution is 5.92. The lowest BCUT2D eigenvalue weighted by molar-refractivity contribution is -0.0463. The second-order valence-electron chi connectivity index (χ2n) is 5.70. The van der Waals surface area contributed by atoms with Crippen molar-refractivity contribution in [2.75, 3.05) is 26.3 Å². The van der Waals surface area contributed by atoms with Crippen LogP contribution in [0.2, 0.25) is 0 Å². The largest absolute Gasteiger partial charge is 0.376 e. The molecule has 0 bridgehead atoms. The van der Waals surface area contributed by atoms with Crippen molar-refractivity contribution in [2.45, 2.75) is 37.9 Å². The summed E-state index contributed by atoms with van der Waals surface area (Å²) in [6, 6.07) is 1.65. The zero-order valence-electron chi connectivity index (χ0n) is 12.3. The molecule has 0 saturated carbocycles. The summed E-state index contributed by atoms with van der Waals surface area (Å²) in [5.74, 6) is -0.0417. The number of carbonyl (C=O) groups excluding carboxylic acids is 1. The second kappa shape index (κ2) is 6.07. The minimum absolute atomic E-state index is 0.0417. The number of ether oxygens (including phenoxy) is 2. The third-order valence-corrected chi connectivity index (χ3v) is 4.21. The minimum atomic E-state index is -0.235. The van der Waals surface area contributed by atoms with Crippen molar-refractivity contribution >= 4 is 5.91 Å². The molecular formula is C15H21N3O3. The molecule has 1 aromatic heterocycles. The highest BCUT2D eigenvalue weighted by Crippen LogP contribution is 2.36. The summed E-state index contributed by atoms with van der Waals surface area (Å²) in [5, 5.41) is 0. The number of rotatable bonds is 3. The number of piperidine rings is 1. The van der Waals surface area contributed by atoms with Gasteiger partial charge in [-0.2, -0.15) is 0 Å². The third kappa shape index (κ3) is 3.06. The van der Waals surface area contributed by atoms with E-state index in [2.05, 4.69) is 9.97 Å². The number of amides is 1. The lowest BCUT2D eigenvalue weighted by atomic mass is 9.89. The molecule has 3 rings (SSSR count). The topological polar surface area (TPSA) is 64.6 Å². The van der Waals surface area contributed by atoms with E-state index in [0.29, 0.717) is 25.5 Å². The van der Waals surface area contributed by atoms with Crippen molar-refractivity contribution in [3.8, 4) is 0 Å². The number of nitrogens with zero attached hydrogens (tertiary/aromatic N) is 3. The minimum Gasteiger partial charge on any atom is -0.376 e. The van der Waals surface area contributed by atoms with E-state index in [-0.39, 0.29) is 17.6 Å². The molecule has 3 heterocycles. The maximum Gasteiger partial charge on any atom is 0.272 e. The molecule has 0 N–H and O–H groups in total. The Morgan fingerprint density at radius 1 is 1.62 bits per heavy atom. The Morgan fingerprint density at radius 2 is 2.52 bits per heavy atom. The molecule has 2 saturated heterocycles. The average molecular weight is 291 g/mol. The van der Waals surface area contributed by atoms with Crippen LogP contribution < -0.4 is 0 Å². The molecule has 0 aromatic carbocycles. The van der Waals surface area contributed by atoms with Gasteiger partial charge >= 0.3 is 0 Å². The van der Waals surface area contributed by atoms with Crippen molar-refractivity contribution in [3.63, 3.8) is 0 Å². The van der Waals surface area contributed by atoms with E-state index in [0.717, 1.165) is 25.8 Å². The van der Waals surface area contributed by atoms with Crippen LogP contribution in [0.25, 0.3) is 0 Å². The van der Waals surface area contributed by atoms with Crippen LogP contribution in [-0.4, -0.2) is 58.8 Å². The smallest absolute Gasteiger partial charge is 0.272 e. The summed E-state index contributed by atoms with van der Waals surface area (Å²) >= 11 is 0. The van der Waals surface area contributed by atoms with Crippen LogP contribution in [0.5, 0.6) is 0 Å². The van der Waals surface area contributed by atoms with Crippen LogP contribution in [0.15, 0.2) is 18.6 Å². The molecule has 2 fully saturated rings. The number of aromatic nitrogens is 2. The van der Waals surface area contributed by atoms with E-state index in [9.17, 15) is 4.79 Å². The molecule has 0 aliphatic carbocycles. The van der Waals surface area contributed by atoms with Crippen molar-refractivity contribution < 1.29 is 14.3 Å². The molecule has 21 heavy (non-hydrogen) atoms. The zero-order valence-corrected chi connectivity index (χ0v) is 12.3. The molecule has 6 heteroatoms. The number of hydrogen-bond acceptors (Lipinski definition) is 5. The first kappa shape index (κ1) is 14.4. The van der Waals surface area contributed by atoms with Gasteiger partial charge in [-0.15, -0.1) is 0 Å². The summed E-state index contributed by atoms with van der Waals surface area (Å²) in [6.45, 7) is 4.71. The summed E-state index contributed by atoms with van der Waals surface area (Å²) in [6.07, 6.45) is 5.97. The fourth-order valence-corrected chi connectivity index (χ4v) is 3.28. The van der Waals surface area contributed by atoms with E-state index in [4.69, 9.17) is 9.47 Å². The van der Waals surface area contributed by atoms with Crippen LogP contribution in [-0.2, 0) is 9.47 Å². The van der Waals surface area contributed by atoms with Gasteiger partial charge in [0.2, 0.25) is 0 Å². The van der Waals surface area contributed by atoms with Crippen LogP contribution in [0.1, 0.15) is 36.7 Å². The third-order valence-electron chi connectivity index (χ3n) is 4.21. The molecule has 1 spiro atoms. The quantitative estimate of drug-likeness (QED) is 0.839. The van der Waals surface area contributed by atoms with Gasteiger partial charge in [0.05, 0.1) is 24.9 Å². The Balaban J connectivity index is 1.68. The number of hydrogen-bond donors (Lipinski definition) is 0. The summed E-state index contributed by atoms with van der Waals surface area (Å²) in [5.41, 5.74) is 0.210. The van der Waals surface area contributed by atoms with E-state index < -0.39 is 0 Å². The summed E-state index contributed by atoms with van der Waals surface area (Å²) in [7, 11) is 0. The van der Waals surface area contributed by atoms with Gasteiger partial charge in [0, 0.05) is 25.8 Å². The Morgan fingerprint density at radius 3 is 3.29 bits per heavy atom. The maximum atomic E-state index is 12.5. The molecule has 0 radical (unpaired) electrons. The SMILES string of the molecule is CCO[C@H]1CO[C@@]2(CCCN(C(=O)c3ccncn3)C2)C1. The molecule has 2 aliphatic heterocycles. The van der Waals surface area contributed by atoms with Crippen LogP contribution in [0.3, 0.4) is 0 Å². The molecule has 0 unspecified atom stereocenters. The summed E-state index contributed by atoms with van der Waals surface area (Å²) < 4.78 is 11.7. The van der Waals surface area contributed by atoms with Gasteiger partial charge in [0.15, 0.2) is 0 Å². The fraction of sp³-hybridized carbons (Fsp3) is 0.667. The van der Waals surface area contributed by atoms with Gasteiger partial charge in [-0.3, -0.25) is 4.79 Å². The van der Waals surface area contributed by atoms with E-state index in [1.807, 2.05) is 11.8 Å². The lowest BCUT2D eigenvalue weighted by Crippen LogP contribution is -2.50. The molecule has 6 nitrogen and oxygen atoms in total. The lowest BCUT2D eigenvalue weighted by Gasteiger charge is -2.39. The maximum absolute atomic E-state index is 12.5. The summed E-state index contributed by atoms with van der Waals surface area (Å²) in [4.78, 5) is 22.2. The van der Waals surface area contributed by atoms with Crippen LogP contribution >= 0.6 is 0 Å². The predicted octanol–water partition coefficient (Wildman–Crippen LogP) is 1.28. The Labute approximate surface area is 124 Å². The zero-order chi connectivity index (χ0) is 14.7. The number of likely N-dealkylation sites (tertiary alicyclic amines) is 1. The Hall–Kier alpha value is -1.53. The average Bonchev–Trinajstić information content (AvgIpc) is 2.90. The van der Waals surface area contributed by atoms with Crippen LogP contribution in [0, 0.1) is 0 Å². The van der Waals surface area contributed by atoms with Crippen molar-refractivity contribution in [3.05, 3.63) is 24.3 Å². The first-order valence-corrected chi connectivity index (χ1v) is 7.53. The fourth-order valence-electron chi connectivity index (χ4n) is 3.28. The molecule has 1 aromatic rings. The first-order valence-electron chi connectivity index (χ1n) is 7.53. The van der Waals surface area contributed by atoms with Gasteiger partial charge in [0.25, 0.3) is 5.91 Å². The molecule has 114 valence electrons. The van der Waals surface area contributed by atoms with Gasteiger partial charge in [-0.05, 0) is 25.8 Å². The second-order valence-corrected chi connectivity index (χ2v) is 5.70. The van der Waals surface area contributed by atoms with Crippen molar-refractivity contribution in [1.29, 1.82) is 0 Å². The molecule has 2 atom stereocenters. The predicted molar refractivity (Wildman–Crippen MR) is 75.9 cm³/mol. The normalized spacial score (nSPS) is 29.0.